The van der Waals surface area contributed by atoms with Crippen LogP contribution in [0, 0.1) is 17.4 Å². The van der Waals surface area contributed by atoms with Crippen LogP contribution >= 0.6 is 0 Å². The molecule has 1 N–H and O–H groups in total. The van der Waals surface area contributed by atoms with Crippen LogP contribution in [0.15, 0.2) is 17.6 Å². The lowest BCUT2D eigenvalue weighted by atomic mass is 9.80. The SMILES string of the molecule is N#Cn1nnc(C2CC2)c1C1=NNC2C3CCCCC3n3cncc3N12. The number of nitrogens with zero attached hydrogens (tertiary/aromatic N) is 8. The van der Waals surface area contributed by atoms with Gasteiger partial charge in [0, 0.05) is 17.9 Å². The van der Waals surface area contributed by atoms with Crippen LogP contribution in [0.25, 0.3) is 0 Å². The molecule has 0 amide bonds. The van der Waals surface area contributed by atoms with Crippen molar-refractivity contribution in [3.63, 3.8) is 0 Å². The molecule has 0 saturated heterocycles. The Balaban J connectivity index is 1.50. The summed E-state index contributed by atoms with van der Waals surface area (Å²) in [5, 5.41) is 22.5. The topological polar surface area (TPSA) is 99.9 Å². The Morgan fingerprint density at radius 3 is 2.92 bits per heavy atom. The molecule has 3 atom stereocenters. The largest absolute Gasteiger partial charge is 0.314 e. The summed E-state index contributed by atoms with van der Waals surface area (Å²) in [6, 6.07) is 0.464. The second-order valence-corrected chi connectivity index (χ2v) is 7.66. The highest BCUT2D eigenvalue weighted by molar-refractivity contribution is 6.11. The van der Waals surface area contributed by atoms with Gasteiger partial charge in [-0.05, 0) is 25.7 Å². The monoisotopic (exact) mass is 349 g/mol. The third-order valence-electron chi connectivity index (χ3n) is 6.21. The molecule has 2 aliphatic heterocycles. The predicted molar refractivity (Wildman–Crippen MR) is 92.2 cm³/mol. The van der Waals surface area contributed by atoms with Crippen molar-refractivity contribution in [3.05, 3.63) is 23.9 Å². The normalized spacial score (nSPS) is 29.3. The van der Waals surface area contributed by atoms with Gasteiger partial charge in [0.15, 0.2) is 5.84 Å². The van der Waals surface area contributed by atoms with Crippen LogP contribution in [0.5, 0.6) is 0 Å². The first-order chi connectivity index (χ1) is 12.9. The maximum Gasteiger partial charge on any atom is 0.208 e. The molecule has 9 heteroatoms. The van der Waals surface area contributed by atoms with Crippen LogP contribution < -0.4 is 10.3 Å². The summed E-state index contributed by atoms with van der Waals surface area (Å²) < 4.78 is 3.60. The zero-order valence-corrected chi connectivity index (χ0v) is 14.3. The van der Waals surface area contributed by atoms with Gasteiger partial charge in [-0.25, -0.2) is 4.98 Å². The molecule has 2 saturated carbocycles. The lowest BCUT2D eigenvalue weighted by Crippen LogP contribution is -2.54. The number of hydrogen-bond acceptors (Lipinski definition) is 7. The average Bonchev–Trinajstić information content (AvgIpc) is 3.10. The Hall–Kier alpha value is -2.89. The van der Waals surface area contributed by atoms with Crippen LogP contribution in [0.3, 0.4) is 0 Å². The number of hydrazone groups is 1. The second kappa shape index (κ2) is 5.06. The molecule has 0 bridgehead atoms. The van der Waals surface area contributed by atoms with Crippen LogP contribution in [0.2, 0.25) is 0 Å². The zero-order valence-electron chi connectivity index (χ0n) is 14.3. The molecule has 132 valence electrons. The molecule has 0 spiro atoms. The van der Waals surface area contributed by atoms with Crippen molar-refractivity contribution in [3.8, 4) is 6.19 Å². The fraction of sp³-hybridized carbons (Fsp3) is 0.588. The van der Waals surface area contributed by atoms with Crippen molar-refractivity contribution in [1.29, 1.82) is 5.26 Å². The maximum atomic E-state index is 9.53. The molecule has 9 nitrogen and oxygen atoms in total. The highest BCUT2D eigenvalue weighted by Gasteiger charge is 2.48. The number of hydrogen-bond donors (Lipinski definition) is 1. The van der Waals surface area contributed by atoms with E-state index in [2.05, 4.69) is 41.5 Å². The van der Waals surface area contributed by atoms with Gasteiger partial charge in [-0.1, -0.05) is 18.1 Å². The Bertz CT molecular complexity index is 944. The smallest absolute Gasteiger partial charge is 0.208 e. The summed E-state index contributed by atoms with van der Waals surface area (Å²) in [7, 11) is 0. The quantitative estimate of drug-likeness (QED) is 0.882. The van der Waals surface area contributed by atoms with Crippen LogP contribution in [-0.4, -0.2) is 36.5 Å². The summed E-state index contributed by atoms with van der Waals surface area (Å²) in [4.78, 5) is 6.63. The number of nitrogens with one attached hydrogen (secondary N) is 1. The summed E-state index contributed by atoms with van der Waals surface area (Å²) >= 11 is 0. The lowest BCUT2D eigenvalue weighted by Gasteiger charge is -2.45. The number of rotatable bonds is 2. The molecule has 3 unspecified atom stereocenters. The van der Waals surface area contributed by atoms with Crippen molar-refractivity contribution in [2.24, 2.45) is 11.0 Å². The predicted octanol–water partition coefficient (Wildman–Crippen LogP) is 1.52. The second-order valence-electron chi connectivity index (χ2n) is 7.66. The van der Waals surface area contributed by atoms with Gasteiger partial charge in [0.1, 0.15) is 17.7 Å². The van der Waals surface area contributed by atoms with Gasteiger partial charge in [0.25, 0.3) is 0 Å². The van der Waals surface area contributed by atoms with E-state index in [0.717, 1.165) is 35.9 Å². The third kappa shape index (κ3) is 1.79. The first kappa shape index (κ1) is 14.3. The molecule has 2 aliphatic carbocycles. The van der Waals surface area contributed by atoms with E-state index in [1.165, 1.54) is 30.4 Å². The van der Waals surface area contributed by atoms with Crippen LogP contribution in [0.1, 0.15) is 61.9 Å². The highest BCUT2D eigenvalue weighted by atomic mass is 15.6. The van der Waals surface area contributed by atoms with Crippen molar-refractivity contribution in [1.82, 2.24) is 30.0 Å². The van der Waals surface area contributed by atoms with E-state index in [4.69, 9.17) is 0 Å². The molecule has 26 heavy (non-hydrogen) atoms. The lowest BCUT2D eigenvalue weighted by molar-refractivity contribution is 0.176. The zero-order chi connectivity index (χ0) is 17.3. The number of anilines is 1. The standard InChI is InChI=1S/C17H19N9/c18-8-25-15(14(20-23-25)10-5-6-10)17-22-21-16-11-3-1-2-4-12(11)24-9-19-7-13(24)26(16)17/h7,9-12,16,21H,1-6H2. The van der Waals surface area contributed by atoms with E-state index in [1.54, 1.807) is 0 Å². The molecule has 0 aromatic carbocycles. The van der Waals surface area contributed by atoms with Gasteiger partial charge >= 0.3 is 0 Å². The van der Waals surface area contributed by atoms with Crippen LogP contribution in [0.4, 0.5) is 5.82 Å². The molecule has 6 rings (SSSR count). The Kier molecular flexibility index (Phi) is 2.78. The molecular weight excluding hydrogens is 330 g/mol. The summed E-state index contributed by atoms with van der Waals surface area (Å²) in [6.07, 6.45) is 13.1. The van der Waals surface area contributed by atoms with Gasteiger partial charge < -0.3 is 4.57 Å². The molecular formula is C17H19N9. The molecule has 2 aromatic rings. The minimum Gasteiger partial charge on any atom is -0.314 e. The van der Waals surface area contributed by atoms with Crippen molar-refractivity contribution < 1.29 is 0 Å². The summed E-state index contributed by atoms with van der Waals surface area (Å²) in [6.45, 7) is 0. The highest BCUT2D eigenvalue weighted by Crippen LogP contribution is 2.46. The molecule has 4 heterocycles. The Morgan fingerprint density at radius 1 is 1.19 bits per heavy atom. The van der Waals surface area contributed by atoms with E-state index in [1.807, 2.05) is 12.5 Å². The van der Waals surface area contributed by atoms with E-state index in [-0.39, 0.29) is 6.17 Å². The summed E-state index contributed by atoms with van der Waals surface area (Å²) in [5.74, 6) is 2.65. The number of aromatic nitrogens is 5. The van der Waals surface area contributed by atoms with E-state index in [9.17, 15) is 5.26 Å². The average molecular weight is 349 g/mol. The van der Waals surface area contributed by atoms with E-state index >= 15 is 0 Å². The number of fused-ring (bicyclic) bond motifs is 6. The number of nitriles is 1. The van der Waals surface area contributed by atoms with Gasteiger partial charge in [-0.15, -0.1) is 9.78 Å². The molecule has 2 fully saturated rings. The fourth-order valence-electron chi connectivity index (χ4n) is 4.87. The maximum absolute atomic E-state index is 9.53. The number of amidine groups is 1. The Labute approximate surface area is 150 Å². The van der Waals surface area contributed by atoms with Crippen molar-refractivity contribution >= 4 is 11.7 Å². The fourth-order valence-corrected chi connectivity index (χ4v) is 4.87. The minimum atomic E-state index is 0.105. The molecule has 0 radical (unpaired) electrons. The van der Waals surface area contributed by atoms with Crippen molar-refractivity contribution in [2.45, 2.75) is 56.7 Å². The number of imidazole rings is 1. The first-order valence-electron chi connectivity index (χ1n) is 9.37. The van der Waals surface area contributed by atoms with Gasteiger partial charge in [-0.3, -0.25) is 10.3 Å². The van der Waals surface area contributed by atoms with Gasteiger partial charge in [0.05, 0.1) is 18.2 Å². The van der Waals surface area contributed by atoms with Gasteiger partial charge in [0.2, 0.25) is 6.19 Å². The Morgan fingerprint density at radius 2 is 2.08 bits per heavy atom. The summed E-state index contributed by atoms with van der Waals surface area (Å²) in [5.41, 5.74) is 4.98. The molecule has 4 aliphatic rings. The third-order valence-corrected chi connectivity index (χ3v) is 6.21. The minimum absolute atomic E-state index is 0.105. The molecule has 2 aromatic heterocycles. The van der Waals surface area contributed by atoms with E-state index < -0.39 is 0 Å². The van der Waals surface area contributed by atoms with E-state index in [0.29, 0.717) is 17.9 Å². The van der Waals surface area contributed by atoms with Gasteiger partial charge in [-0.2, -0.15) is 10.4 Å². The van der Waals surface area contributed by atoms with Crippen LogP contribution in [-0.2, 0) is 0 Å². The van der Waals surface area contributed by atoms with Crippen molar-refractivity contribution in [2.75, 3.05) is 4.90 Å². The first-order valence-corrected chi connectivity index (χ1v) is 9.37.